The van der Waals surface area contributed by atoms with E-state index in [1.807, 2.05) is 0 Å². The average molecular weight is 318 g/mol. The minimum Gasteiger partial charge on any atom is -0.306 e. The molecule has 1 N–H and O–H groups in total. The van der Waals surface area contributed by atoms with Gasteiger partial charge in [-0.15, -0.1) is 0 Å². The van der Waals surface area contributed by atoms with Crippen molar-refractivity contribution < 1.29 is 13.6 Å². The standard InChI is InChI=1S/C12H7Cl2F2N3O/c1-5-2-6(8(16)3-7(5)15)11(20)18-10-4-9(13)17-12(14)19-10/h2-4H,1H3,(H,17,18,19,20). The molecule has 20 heavy (non-hydrogen) atoms. The van der Waals surface area contributed by atoms with Crippen molar-refractivity contribution in [3.05, 3.63) is 51.4 Å². The highest BCUT2D eigenvalue weighted by Crippen LogP contribution is 2.18. The second-order valence-electron chi connectivity index (χ2n) is 3.88. The zero-order chi connectivity index (χ0) is 14.9. The van der Waals surface area contributed by atoms with E-state index < -0.39 is 17.5 Å². The molecule has 0 aliphatic rings. The third-order valence-electron chi connectivity index (χ3n) is 2.40. The van der Waals surface area contributed by atoms with Crippen LogP contribution in [-0.4, -0.2) is 15.9 Å². The predicted molar refractivity (Wildman–Crippen MR) is 71.1 cm³/mol. The Morgan fingerprint density at radius 1 is 1.15 bits per heavy atom. The van der Waals surface area contributed by atoms with Crippen LogP contribution >= 0.6 is 23.2 Å². The van der Waals surface area contributed by atoms with Crippen molar-refractivity contribution in [3.63, 3.8) is 0 Å². The van der Waals surface area contributed by atoms with Crippen molar-refractivity contribution in [2.24, 2.45) is 0 Å². The van der Waals surface area contributed by atoms with E-state index in [9.17, 15) is 13.6 Å². The van der Waals surface area contributed by atoms with Gasteiger partial charge in [-0.05, 0) is 30.2 Å². The molecule has 4 nitrogen and oxygen atoms in total. The number of hydrogen-bond donors (Lipinski definition) is 1. The van der Waals surface area contributed by atoms with Gasteiger partial charge in [-0.1, -0.05) is 11.6 Å². The van der Waals surface area contributed by atoms with Crippen LogP contribution in [0.15, 0.2) is 18.2 Å². The minimum atomic E-state index is -0.975. The smallest absolute Gasteiger partial charge is 0.259 e. The van der Waals surface area contributed by atoms with Crippen LogP contribution in [0.3, 0.4) is 0 Å². The Bertz CT molecular complexity index is 674. The van der Waals surface area contributed by atoms with Crippen LogP contribution in [0, 0.1) is 18.6 Å². The molecule has 0 atom stereocenters. The number of aryl methyl sites for hydroxylation is 1. The number of rotatable bonds is 2. The highest BCUT2D eigenvalue weighted by molar-refractivity contribution is 6.32. The molecule has 2 aromatic rings. The first-order valence-electron chi connectivity index (χ1n) is 5.34. The Labute approximate surface area is 122 Å². The molecule has 0 saturated carbocycles. The fraction of sp³-hybridized carbons (Fsp3) is 0.0833. The number of aromatic nitrogens is 2. The van der Waals surface area contributed by atoms with E-state index in [2.05, 4.69) is 15.3 Å². The molecular weight excluding hydrogens is 311 g/mol. The van der Waals surface area contributed by atoms with Crippen molar-refractivity contribution in [1.82, 2.24) is 9.97 Å². The van der Waals surface area contributed by atoms with Gasteiger partial charge < -0.3 is 5.32 Å². The normalized spacial score (nSPS) is 10.4. The predicted octanol–water partition coefficient (Wildman–Crippen LogP) is 3.62. The molecule has 1 aromatic carbocycles. The van der Waals surface area contributed by atoms with Gasteiger partial charge in [0, 0.05) is 12.1 Å². The Morgan fingerprint density at radius 2 is 1.85 bits per heavy atom. The van der Waals surface area contributed by atoms with Crippen molar-refractivity contribution in [2.75, 3.05) is 5.32 Å². The Kier molecular flexibility index (Phi) is 4.15. The van der Waals surface area contributed by atoms with Gasteiger partial charge in [0.1, 0.15) is 22.6 Å². The van der Waals surface area contributed by atoms with Crippen molar-refractivity contribution in [3.8, 4) is 0 Å². The summed E-state index contributed by atoms with van der Waals surface area (Å²) < 4.78 is 26.7. The average Bonchev–Trinajstić information content (AvgIpc) is 2.32. The van der Waals surface area contributed by atoms with Crippen LogP contribution in [0.2, 0.25) is 10.4 Å². The number of carbonyl (C=O) groups is 1. The van der Waals surface area contributed by atoms with E-state index in [1.54, 1.807) is 0 Å². The summed E-state index contributed by atoms with van der Waals surface area (Å²) in [5, 5.41) is 2.17. The van der Waals surface area contributed by atoms with Crippen LogP contribution in [0.4, 0.5) is 14.6 Å². The largest absolute Gasteiger partial charge is 0.306 e. The van der Waals surface area contributed by atoms with E-state index in [0.29, 0.717) is 6.07 Å². The Morgan fingerprint density at radius 3 is 2.50 bits per heavy atom. The zero-order valence-electron chi connectivity index (χ0n) is 10.0. The summed E-state index contributed by atoms with van der Waals surface area (Å²) >= 11 is 11.2. The summed E-state index contributed by atoms with van der Waals surface area (Å²) in [5.41, 5.74) is -0.162. The molecule has 0 unspecified atom stereocenters. The van der Waals surface area contributed by atoms with Crippen molar-refractivity contribution >= 4 is 34.9 Å². The summed E-state index contributed by atoms with van der Waals surface area (Å²) in [6.07, 6.45) is 0. The summed E-state index contributed by atoms with van der Waals surface area (Å²) in [6, 6.07) is 2.99. The number of halogens is 4. The summed E-state index contributed by atoms with van der Waals surface area (Å²) in [4.78, 5) is 19.2. The third kappa shape index (κ3) is 3.20. The van der Waals surface area contributed by atoms with Crippen molar-refractivity contribution in [1.29, 1.82) is 0 Å². The topological polar surface area (TPSA) is 54.9 Å². The Hall–Kier alpha value is -1.79. The number of hydrogen-bond acceptors (Lipinski definition) is 3. The van der Waals surface area contributed by atoms with Crippen LogP contribution in [-0.2, 0) is 0 Å². The zero-order valence-corrected chi connectivity index (χ0v) is 11.6. The van der Waals surface area contributed by atoms with E-state index in [4.69, 9.17) is 23.2 Å². The van der Waals surface area contributed by atoms with Crippen molar-refractivity contribution in [2.45, 2.75) is 6.92 Å². The molecule has 2 rings (SSSR count). The van der Waals surface area contributed by atoms with Crippen LogP contribution in [0.1, 0.15) is 15.9 Å². The fourth-order valence-electron chi connectivity index (χ4n) is 1.47. The highest BCUT2D eigenvalue weighted by Gasteiger charge is 2.15. The third-order valence-corrected chi connectivity index (χ3v) is 2.76. The number of amides is 1. The Balaban J connectivity index is 2.30. The van der Waals surface area contributed by atoms with Gasteiger partial charge in [-0.2, -0.15) is 0 Å². The lowest BCUT2D eigenvalue weighted by molar-refractivity contribution is 0.102. The monoisotopic (exact) mass is 317 g/mol. The van der Waals surface area contributed by atoms with Gasteiger partial charge in [-0.25, -0.2) is 18.7 Å². The van der Waals surface area contributed by atoms with E-state index in [-0.39, 0.29) is 27.4 Å². The molecule has 0 bridgehead atoms. The maximum Gasteiger partial charge on any atom is 0.259 e. The molecule has 1 amide bonds. The van der Waals surface area contributed by atoms with Gasteiger partial charge in [0.15, 0.2) is 0 Å². The maximum absolute atomic E-state index is 13.6. The number of anilines is 1. The first-order valence-corrected chi connectivity index (χ1v) is 6.09. The van der Waals surface area contributed by atoms with E-state index >= 15 is 0 Å². The molecule has 0 aliphatic carbocycles. The molecule has 0 radical (unpaired) electrons. The molecule has 104 valence electrons. The van der Waals surface area contributed by atoms with E-state index in [0.717, 1.165) is 6.07 Å². The highest BCUT2D eigenvalue weighted by atomic mass is 35.5. The van der Waals surface area contributed by atoms with Crippen LogP contribution < -0.4 is 5.32 Å². The van der Waals surface area contributed by atoms with Crippen LogP contribution in [0.5, 0.6) is 0 Å². The number of benzene rings is 1. The number of nitrogens with zero attached hydrogens (tertiary/aromatic N) is 2. The lowest BCUT2D eigenvalue weighted by Crippen LogP contribution is -2.15. The summed E-state index contributed by atoms with van der Waals surface area (Å²) in [6.45, 7) is 1.42. The van der Waals surface area contributed by atoms with Gasteiger partial charge in [0.25, 0.3) is 5.91 Å². The molecule has 1 heterocycles. The van der Waals surface area contributed by atoms with Gasteiger partial charge in [0.2, 0.25) is 5.28 Å². The fourth-order valence-corrected chi connectivity index (χ4v) is 1.88. The second-order valence-corrected chi connectivity index (χ2v) is 4.61. The lowest BCUT2D eigenvalue weighted by atomic mass is 10.1. The molecule has 0 fully saturated rings. The van der Waals surface area contributed by atoms with Gasteiger partial charge >= 0.3 is 0 Å². The molecule has 1 aromatic heterocycles. The SMILES string of the molecule is Cc1cc(C(=O)Nc2cc(Cl)nc(Cl)n2)c(F)cc1F. The maximum atomic E-state index is 13.6. The molecule has 8 heteroatoms. The number of nitrogens with one attached hydrogen (secondary N) is 1. The lowest BCUT2D eigenvalue weighted by Gasteiger charge is -2.07. The molecule has 0 aliphatic heterocycles. The first kappa shape index (κ1) is 14.6. The number of carbonyl (C=O) groups excluding carboxylic acids is 1. The molecular formula is C12H7Cl2F2N3O. The minimum absolute atomic E-state index is 0.0152. The quantitative estimate of drug-likeness (QED) is 0.680. The first-order chi connectivity index (χ1) is 9.36. The summed E-state index contributed by atoms with van der Waals surface area (Å²) in [5.74, 6) is -2.48. The van der Waals surface area contributed by atoms with Gasteiger partial charge in [-0.3, -0.25) is 4.79 Å². The molecule has 0 spiro atoms. The van der Waals surface area contributed by atoms with E-state index in [1.165, 1.54) is 13.0 Å². The molecule has 0 saturated heterocycles. The summed E-state index contributed by atoms with van der Waals surface area (Å²) in [7, 11) is 0. The van der Waals surface area contributed by atoms with Gasteiger partial charge in [0.05, 0.1) is 5.56 Å². The second kappa shape index (κ2) is 5.68. The van der Waals surface area contributed by atoms with Crippen LogP contribution in [0.25, 0.3) is 0 Å².